The molecule has 114 valence electrons. The average Bonchev–Trinajstić information content (AvgIpc) is 2.36. The van der Waals surface area contributed by atoms with Crippen molar-refractivity contribution in [3.63, 3.8) is 0 Å². The van der Waals surface area contributed by atoms with Gasteiger partial charge in [-0.1, -0.05) is 13.8 Å². The summed E-state index contributed by atoms with van der Waals surface area (Å²) in [6.45, 7) is 19.6. The standard InChI is InChI=1S/C16H32O3/c1-11-16(8,9)13(19-15(5,6)7)12(18-11)10-17-14(2,3)4/h11-13H,10H2,1-9H3/t11-,12-,13+/m1/s1. The van der Waals surface area contributed by atoms with Crippen LogP contribution in [0.4, 0.5) is 0 Å². The molecule has 0 bridgehead atoms. The van der Waals surface area contributed by atoms with E-state index in [0.717, 1.165) is 0 Å². The third kappa shape index (κ3) is 4.73. The number of hydrogen-bond donors (Lipinski definition) is 0. The Morgan fingerprint density at radius 3 is 1.95 bits per heavy atom. The van der Waals surface area contributed by atoms with Crippen molar-refractivity contribution in [3.05, 3.63) is 0 Å². The highest BCUT2D eigenvalue weighted by Crippen LogP contribution is 2.42. The Morgan fingerprint density at radius 1 is 1.00 bits per heavy atom. The summed E-state index contributed by atoms with van der Waals surface area (Å²) in [5, 5.41) is 0. The van der Waals surface area contributed by atoms with Crippen LogP contribution in [0.15, 0.2) is 0 Å². The lowest BCUT2D eigenvalue weighted by Crippen LogP contribution is -2.44. The normalized spacial score (nSPS) is 31.7. The third-order valence-electron chi connectivity index (χ3n) is 3.66. The van der Waals surface area contributed by atoms with Crippen molar-refractivity contribution in [2.75, 3.05) is 6.61 Å². The molecule has 0 spiro atoms. The van der Waals surface area contributed by atoms with Crippen LogP contribution in [0.1, 0.15) is 62.3 Å². The van der Waals surface area contributed by atoms with Gasteiger partial charge in [0.25, 0.3) is 0 Å². The van der Waals surface area contributed by atoms with Crippen molar-refractivity contribution in [3.8, 4) is 0 Å². The quantitative estimate of drug-likeness (QED) is 0.782. The van der Waals surface area contributed by atoms with E-state index in [4.69, 9.17) is 14.2 Å². The summed E-state index contributed by atoms with van der Waals surface area (Å²) >= 11 is 0. The summed E-state index contributed by atoms with van der Waals surface area (Å²) in [4.78, 5) is 0. The summed E-state index contributed by atoms with van der Waals surface area (Å²) in [5.41, 5.74) is -0.319. The Hall–Kier alpha value is -0.120. The lowest BCUT2D eigenvalue weighted by molar-refractivity contribution is -0.137. The van der Waals surface area contributed by atoms with E-state index < -0.39 is 0 Å². The molecule has 19 heavy (non-hydrogen) atoms. The number of hydrogen-bond acceptors (Lipinski definition) is 3. The van der Waals surface area contributed by atoms with Crippen LogP contribution < -0.4 is 0 Å². The van der Waals surface area contributed by atoms with E-state index in [1.165, 1.54) is 0 Å². The topological polar surface area (TPSA) is 27.7 Å². The van der Waals surface area contributed by atoms with Crippen molar-refractivity contribution in [2.45, 2.75) is 91.8 Å². The van der Waals surface area contributed by atoms with Gasteiger partial charge in [0.05, 0.1) is 30.0 Å². The Kier molecular flexibility index (Phi) is 4.76. The van der Waals surface area contributed by atoms with Gasteiger partial charge in [0.15, 0.2) is 0 Å². The van der Waals surface area contributed by atoms with E-state index in [0.29, 0.717) is 6.61 Å². The highest BCUT2D eigenvalue weighted by Gasteiger charge is 2.50. The van der Waals surface area contributed by atoms with Crippen LogP contribution in [-0.2, 0) is 14.2 Å². The van der Waals surface area contributed by atoms with Crippen molar-refractivity contribution in [1.82, 2.24) is 0 Å². The highest BCUT2D eigenvalue weighted by molar-refractivity contribution is 4.97. The van der Waals surface area contributed by atoms with Gasteiger partial charge in [-0.05, 0) is 48.5 Å². The summed E-state index contributed by atoms with van der Waals surface area (Å²) in [7, 11) is 0. The molecule has 0 saturated carbocycles. The molecule has 0 radical (unpaired) electrons. The summed E-state index contributed by atoms with van der Waals surface area (Å²) in [6, 6.07) is 0. The molecule has 1 aliphatic rings. The molecule has 1 fully saturated rings. The summed E-state index contributed by atoms with van der Waals surface area (Å²) in [5.74, 6) is 0. The molecule has 0 aromatic carbocycles. The first-order valence-electron chi connectivity index (χ1n) is 7.30. The van der Waals surface area contributed by atoms with E-state index >= 15 is 0 Å². The molecule has 0 N–H and O–H groups in total. The van der Waals surface area contributed by atoms with Gasteiger partial charge in [-0.25, -0.2) is 0 Å². The monoisotopic (exact) mass is 272 g/mol. The zero-order valence-electron chi connectivity index (χ0n) is 14.2. The molecule has 3 heteroatoms. The zero-order valence-corrected chi connectivity index (χ0v) is 14.2. The van der Waals surface area contributed by atoms with Crippen LogP contribution in [0.2, 0.25) is 0 Å². The third-order valence-corrected chi connectivity index (χ3v) is 3.66. The molecule has 3 atom stereocenters. The second-order valence-electron chi connectivity index (χ2n) is 8.21. The summed E-state index contributed by atoms with van der Waals surface area (Å²) in [6.07, 6.45) is 0.238. The Balaban J connectivity index is 2.78. The van der Waals surface area contributed by atoms with Gasteiger partial charge < -0.3 is 14.2 Å². The van der Waals surface area contributed by atoms with E-state index in [9.17, 15) is 0 Å². The van der Waals surface area contributed by atoms with Gasteiger partial charge in [0, 0.05) is 5.41 Å². The van der Waals surface area contributed by atoms with Crippen LogP contribution in [0.25, 0.3) is 0 Å². The van der Waals surface area contributed by atoms with Crippen molar-refractivity contribution >= 4 is 0 Å². The fourth-order valence-electron chi connectivity index (χ4n) is 2.29. The fourth-order valence-corrected chi connectivity index (χ4v) is 2.29. The van der Waals surface area contributed by atoms with Crippen LogP contribution in [-0.4, -0.2) is 36.1 Å². The van der Waals surface area contributed by atoms with Gasteiger partial charge in [-0.15, -0.1) is 0 Å². The molecule has 0 aromatic heterocycles. The molecular formula is C16H32O3. The molecule has 1 aliphatic heterocycles. The molecule has 1 heterocycles. The minimum absolute atomic E-state index is 0.000803. The minimum Gasteiger partial charge on any atom is -0.373 e. The van der Waals surface area contributed by atoms with E-state index in [1.54, 1.807) is 0 Å². The highest BCUT2D eigenvalue weighted by atomic mass is 16.6. The first kappa shape index (κ1) is 16.9. The van der Waals surface area contributed by atoms with Gasteiger partial charge in [-0.2, -0.15) is 0 Å². The number of rotatable bonds is 3. The fraction of sp³-hybridized carbons (Fsp3) is 1.00. The van der Waals surface area contributed by atoms with Gasteiger partial charge >= 0.3 is 0 Å². The van der Waals surface area contributed by atoms with Gasteiger partial charge in [-0.3, -0.25) is 0 Å². The molecule has 0 aromatic rings. The first-order valence-corrected chi connectivity index (χ1v) is 7.30. The Bertz CT molecular complexity index is 296. The lowest BCUT2D eigenvalue weighted by Gasteiger charge is -2.36. The maximum absolute atomic E-state index is 6.26. The van der Waals surface area contributed by atoms with Crippen LogP contribution in [0, 0.1) is 5.41 Å². The van der Waals surface area contributed by atoms with Crippen LogP contribution in [0.5, 0.6) is 0 Å². The predicted octanol–water partition coefficient (Wildman–Crippen LogP) is 3.80. The van der Waals surface area contributed by atoms with Crippen molar-refractivity contribution in [2.24, 2.45) is 5.41 Å². The van der Waals surface area contributed by atoms with E-state index in [1.807, 2.05) is 0 Å². The van der Waals surface area contributed by atoms with Crippen LogP contribution >= 0.6 is 0 Å². The zero-order chi connectivity index (χ0) is 15.1. The maximum Gasteiger partial charge on any atom is 0.108 e. The Morgan fingerprint density at radius 2 is 1.53 bits per heavy atom. The predicted molar refractivity (Wildman–Crippen MR) is 78.4 cm³/mol. The van der Waals surface area contributed by atoms with Crippen LogP contribution in [0.3, 0.4) is 0 Å². The Labute approximate surface area is 119 Å². The molecular weight excluding hydrogens is 240 g/mol. The maximum atomic E-state index is 6.26. The van der Waals surface area contributed by atoms with Crippen molar-refractivity contribution in [1.29, 1.82) is 0 Å². The summed E-state index contributed by atoms with van der Waals surface area (Å²) < 4.78 is 18.2. The second-order valence-corrected chi connectivity index (χ2v) is 8.21. The molecule has 1 saturated heterocycles. The second kappa shape index (κ2) is 5.34. The molecule has 0 amide bonds. The van der Waals surface area contributed by atoms with E-state index in [-0.39, 0.29) is 34.9 Å². The molecule has 3 nitrogen and oxygen atoms in total. The first-order chi connectivity index (χ1) is 8.33. The van der Waals surface area contributed by atoms with Gasteiger partial charge in [0.1, 0.15) is 6.10 Å². The lowest BCUT2D eigenvalue weighted by atomic mass is 9.81. The average molecular weight is 272 g/mol. The molecule has 0 unspecified atom stereocenters. The van der Waals surface area contributed by atoms with E-state index in [2.05, 4.69) is 62.3 Å². The molecule has 0 aliphatic carbocycles. The number of ether oxygens (including phenoxy) is 3. The van der Waals surface area contributed by atoms with Gasteiger partial charge in [0.2, 0.25) is 0 Å². The minimum atomic E-state index is -0.171. The SMILES string of the molecule is C[C@H]1O[C@H](COC(C)(C)C)[C@H](OC(C)(C)C)C1(C)C. The largest absolute Gasteiger partial charge is 0.373 e. The van der Waals surface area contributed by atoms with Crippen molar-refractivity contribution < 1.29 is 14.2 Å². The smallest absolute Gasteiger partial charge is 0.108 e. The molecule has 1 rings (SSSR count).